The maximum absolute atomic E-state index is 13.2. The standard InChI is InChI=1S/C14H15FN2/c1-10-4-2-5-11(8-10)14(17-16)12-6-3-7-13(15)9-12/h2-9,14,17H,16H2,1H3. The van der Waals surface area contributed by atoms with Crippen LogP contribution in [0.4, 0.5) is 4.39 Å². The molecule has 0 fully saturated rings. The summed E-state index contributed by atoms with van der Waals surface area (Å²) in [5, 5.41) is 0. The summed E-state index contributed by atoms with van der Waals surface area (Å²) in [4.78, 5) is 0. The van der Waals surface area contributed by atoms with E-state index in [0.717, 1.165) is 16.7 Å². The highest BCUT2D eigenvalue weighted by Gasteiger charge is 2.12. The van der Waals surface area contributed by atoms with Gasteiger partial charge in [-0.05, 0) is 30.2 Å². The molecule has 0 heterocycles. The monoisotopic (exact) mass is 230 g/mol. The van der Waals surface area contributed by atoms with Crippen LogP contribution in [0.15, 0.2) is 48.5 Å². The number of halogens is 1. The molecule has 3 N–H and O–H groups in total. The third kappa shape index (κ3) is 2.70. The van der Waals surface area contributed by atoms with Crippen LogP contribution in [-0.4, -0.2) is 0 Å². The molecule has 0 amide bonds. The van der Waals surface area contributed by atoms with Gasteiger partial charge in [-0.15, -0.1) is 0 Å². The lowest BCUT2D eigenvalue weighted by Crippen LogP contribution is -2.28. The number of benzene rings is 2. The molecular formula is C14H15FN2. The second-order valence-corrected chi connectivity index (χ2v) is 4.07. The number of hydrazine groups is 1. The van der Waals surface area contributed by atoms with Crippen LogP contribution in [0.3, 0.4) is 0 Å². The van der Waals surface area contributed by atoms with Gasteiger partial charge in [0.05, 0.1) is 6.04 Å². The molecule has 0 aromatic heterocycles. The molecule has 0 radical (unpaired) electrons. The molecule has 0 aliphatic carbocycles. The molecule has 2 aromatic rings. The lowest BCUT2D eigenvalue weighted by atomic mass is 9.98. The molecule has 0 aliphatic heterocycles. The summed E-state index contributed by atoms with van der Waals surface area (Å²) in [5.74, 6) is 5.31. The predicted octanol–water partition coefficient (Wildman–Crippen LogP) is 2.69. The number of nitrogens with one attached hydrogen (secondary N) is 1. The van der Waals surface area contributed by atoms with Crippen molar-refractivity contribution in [2.75, 3.05) is 0 Å². The summed E-state index contributed by atoms with van der Waals surface area (Å²) in [6.45, 7) is 2.02. The van der Waals surface area contributed by atoms with Crippen molar-refractivity contribution in [3.63, 3.8) is 0 Å². The Morgan fingerprint density at radius 3 is 2.29 bits per heavy atom. The summed E-state index contributed by atoms with van der Waals surface area (Å²) in [6, 6.07) is 14.3. The van der Waals surface area contributed by atoms with Gasteiger partial charge in [0, 0.05) is 0 Å². The van der Waals surface area contributed by atoms with Crippen molar-refractivity contribution in [2.45, 2.75) is 13.0 Å². The Bertz CT molecular complexity index is 466. The SMILES string of the molecule is Cc1cccc(C(NN)c2cccc(F)c2)c1. The molecule has 0 spiro atoms. The van der Waals surface area contributed by atoms with Crippen LogP contribution >= 0.6 is 0 Å². The normalized spacial score (nSPS) is 12.4. The molecule has 3 heteroatoms. The zero-order valence-corrected chi connectivity index (χ0v) is 9.65. The van der Waals surface area contributed by atoms with E-state index >= 15 is 0 Å². The maximum Gasteiger partial charge on any atom is 0.123 e. The van der Waals surface area contributed by atoms with Crippen molar-refractivity contribution in [1.29, 1.82) is 0 Å². The highest BCUT2D eigenvalue weighted by Crippen LogP contribution is 2.22. The van der Waals surface area contributed by atoms with E-state index in [0.29, 0.717) is 0 Å². The minimum atomic E-state index is -0.254. The van der Waals surface area contributed by atoms with E-state index in [1.165, 1.54) is 12.1 Å². The first kappa shape index (κ1) is 11.8. The highest BCUT2D eigenvalue weighted by atomic mass is 19.1. The first-order valence-electron chi connectivity index (χ1n) is 5.49. The first-order chi connectivity index (χ1) is 8.20. The van der Waals surface area contributed by atoms with Gasteiger partial charge in [-0.1, -0.05) is 42.0 Å². The average Bonchev–Trinajstić information content (AvgIpc) is 2.30. The molecule has 0 saturated heterocycles. The van der Waals surface area contributed by atoms with Crippen LogP contribution in [-0.2, 0) is 0 Å². The van der Waals surface area contributed by atoms with Gasteiger partial charge in [0.15, 0.2) is 0 Å². The van der Waals surface area contributed by atoms with Crippen molar-refractivity contribution in [2.24, 2.45) is 5.84 Å². The van der Waals surface area contributed by atoms with Gasteiger partial charge in [0.1, 0.15) is 5.82 Å². The second-order valence-electron chi connectivity index (χ2n) is 4.07. The average molecular weight is 230 g/mol. The van der Waals surface area contributed by atoms with E-state index in [1.807, 2.05) is 37.3 Å². The zero-order chi connectivity index (χ0) is 12.3. The number of nitrogens with two attached hydrogens (primary N) is 1. The van der Waals surface area contributed by atoms with Crippen molar-refractivity contribution < 1.29 is 4.39 Å². The van der Waals surface area contributed by atoms with Gasteiger partial charge in [0.25, 0.3) is 0 Å². The van der Waals surface area contributed by atoms with Crippen LogP contribution < -0.4 is 11.3 Å². The fraction of sp³-hybridized carbons (Fsp3) is 0.143. The second kappa shape index (κ2) is 5.08. The molecule has 88 valence electrons. The van der Waals surface area contributed by atoms with E-state index in [1.54, 1.807) is 6.07 Å². The summed E-state index contributed by atoms with van der Waals surface area (Å²) in [5.41, 5.74) is 5.72. The molecule has 0 saturated carbocycles. The van der Waals surface area contributed by atoms with Gasteiger partial charge in [0.2, 0.25) is 0 Å². The molecule has 17 heavy (non-hydrogen) atoms. The summed E-state index contributed by atoms with van der Waals surface area (Å²) in [7, 11) is 0. The van der Waals surface area contributed by atoms with E-state index in [4.69, 9.17) is 5.84 Å². The lowest BCUT2D eigenvalue weighted by Gasteiger charge is -2.17. The van der Waals surface area contributed by atoms with Crippen LogP contribution in [0.2, 0.25) is 0 Å². The van der Waals surface area contributed by atoms with Crippen molar-refractivity contribution in [3.05, 3.63) is 71.0 Å². The van der Waals surface area contributed by atoms with Crippen molar-refractivity contribution in [3.8, 4) is 0 Å². The molecule has 0 bridgehead atoms. The van der Waals surface area contributed by atoms with Crippen LogP contribution in [0.25, 0.3) is 0 Å². The summed E-state index contributed by atoms with van der Waals surface area (Å²) < 4.78 is 13.2. The smallest absolute Gasteiger partial charge is 0.123 e. The molecule has 1 atom stereocenters. The summed E-state index contributed by atoms with van der Waals surface area (Å²) in [6.07, 6.45) is 0. The third-order valence-electron chi connectivity index (χ3n) is 2.72. The Morgan fingerprint density at radius 2 is 1.71 bits per heavy atom. The quantitative estimate of drug-likeness (QED) is 0.628. The Hall–Kier alpha value is -1.71. The zero-order valence-electron chi connectivity index (χ0n) is 9.65. The molecular weight excluding hydrogens is 215 g/mol. The van der Waals surface area contributed by atoms with Gasteiger partial charge in [-0.25, -0.2) is 9.82 Å². The van der Waals surface area contributed by atoms with E-state index in [2.05, 4.69) is 5.43 Å². The van der Waals surface area contributed by atoms with Crippen LogP contribution in [0.1, 0.15) is 22.7 Å². The van der Waals surface area contributed by atoms with E-state index in [9.17, 15) is 4.39 Å². The fourth-order valence-electron chi connectivity index (χ4n) is 1.92. The first-order valence-corrected chi connectivity index (χ1v) is 5.49. The number of aryl methyl sites for hydroxylation is 1. The van der Waals surface area contributed by atoms with E-state index < -0.39 is 0 Å². The van der Waals surface area contributed by atoms with Crippen LogP contribution in [0, 0.1) is 12.7 Å². The Morgan fingerprint density at radius 1 is 1.06 bits per heavy atom. The maximum atomic E-state index is 13.2. The molecule has 1 unspecified atom stereocenters. The largest absolute Gasteiger partial charge is 0.271 e. The predicted molar refractivity (Wildman–Crippen MR) is 66.7 cm³/mol. The topological polar surface area (TPSA) is 38.0 Å². The fourth-order valence-corrected chi connectivity index (χ4v) is 1.92. The van der Waals surface area contributed by atoms with Gasteiger partial charge in [-0.2, -0.15) is 0 Å². The third-order valence-corrected chi connectivity index (χ3v) is 2.72. The Kier molecular flexibility index (Phi) is 3.52. The van der Waals surface area contributed by atoms with Gasteiger partial charge >= 0.3 is 0 Å². The number of hydrogen-bond acceptors (Lipinski definition) is 2. The number of hydrogen-bond donors (Lipinski definition) is 2. The van der Waals surface area contributed by atoms with Gasteiger partial charge < -0.3 is 0 Å². The van der Waals surface area contributed by atoms with Gasteiger partial charge in [-0.3, -0.25) is 5.84 Å². The molecule has 2 rings (SSSR count). The minimum absolute atomic E-state index is 0.189. The Balaban J connectivity index is 2.40. The van der Waals surface area contributed by atoms with Crippen LogP contribution in [0.5, 0.6) is 0 Å². The highest BCUT2D eigenvalue weighted by molar-refractivity contribution is 5.33. The van der Waals surface area contributed by atoms with E-state index in [-0.39, 0.29) is 11.9 Å². The number of rotatable bonds is 3. The van der Waals surface area contributed by atoms with Crippen molar-refractivity contribution >= 4 is 0 Å². The molecule has 0 aliphatic rings. The lowest BCUT2D eigenvalue weighted by molar-refractivity contribution is 0.605. The summed E-state index contributed by atoms with van der Waals surface area (Å²) >= 11 is 0. The Labute approximate surface area is 100 Å². The van der Waals surface area contributed by atoms with Crippen molar-refractivity contribution in [1.82, 2.24) is 5.43 Å². The minimum Gasteiger partial charge on any atom is -0.271 e. The molecule has 2 aromatic carbocycles. The molecule has 2 nitrogen and oxygen atoms in total.